The first-order valence-corrected chi connectivity index (χ1v) is 4.95. The lowest BCUT2D eigenvalue weighted by atomic mass is 10.3. The van der Waals surface area contributed by atoms with Gasteiger partial charge in [-0.25, -0.2) is 4.98 Å². The third-order valence-electron chi connectivity index (χ3n) is 2.18. The zero-order chi connectivity index (χ0) is 9.97. The molecule has 14 heavy (non-hydrogen) atoms. The number of hydrogen-bond acceptors (Lipinski definition) is 2. The predicted molar refractivity (Wildman–Crippen MR) is 57.8 cm³/mol. The summed E-state index contributed by atoms with van der Waals surface area (Å²) in [5.41, 5.74) is 2.12. The summed E-state index contributed by atoms with van der Waals surface area (Å²) in [5.74, 6) is 0. The smallest absolute Gasteiger partial charge is 0.136 e. The van der Waals surface area contributed by atoms with Crippen LogP contribution < -0.4 is 5.32 Å². The highest BCUT2D eigenvalue weighted by Crippen LogP contribution is 2.12. The summed E-state index contributed by atoms with van der Waals surface area (Å²) in [7, 11) is 1.94. The van der Waals surface area contributed by atoms with E-state index in [2.05, 4.69) is 10.3 Å². The highest BCUT2D eigenvalue weighted by atomic mass is 35.5. The molecule has 0 bridgehead atoms. The Balaban J connectivity index is 2.40. The first-order valence-electron chi connectivity index (χ1n) is 4.57. The maximum absolute atomic E-state index is 5.92. The molecule has 0 aromatic carbocycles. The second-order valence-corrected chi connectivity index (χ2v) is 3.62. The Morgan fingerprint density at radius 2 is 2.36 bits per heavy atom. The van der Waals surface area contributed by atoms with Gasteiger partial charge in [0.05, 0.1) is 5.02 Å². The minimum atomic E-state index is 0.737. The topological polar surface area (TPSA) is 29.3 Å². The molecule has 0 aliphatic rings. The molecule has 2 rings (SSSR count). The molecular formula is C10H12ClN3. The maximum Gasteiger partial charge on any atom is 0.136 e. The van der Waals surface area contributed by atoms with Crippen LogP contribution in [-0.2, 0) is 6.42 Å². The van der Waals surface area contributed by atoms with Crippen LogP contribution in [0, 0.1) is 0 Å². The van der Waals surface area contributed by atoms with Crippen molar-refractivity contribution in [1.29, 1.82) is 0 Å². The zero-order valence-corrected chi connectivity index (χ0v) is 8.75. The molecule has 0 amide bonds. The number of likely N-dealkylation sites (N-methyl/N-ethyl adjacent to an activating group) is 1. The molecule has 2 aromatic heterocycles. The predicted octanol–water partition coefficient (Wildman–Crippen LogP) is 1.75. The van der Waals surface area contributed by atoms with Gasteiger partial charge in [-0.1, -0.05) is 11.6 Å². The molecule has 0 aliphatic carbocycles. The minimum Gasteiger partial charge on any atom is -0.319 e. The van der Waals surface area contributed by atoms with Crippen LogP contribution in [-0.4, -0.2) is 23.0 Å². The Morgan fingerprint density at radius 3 is 3.14 bits per heavy atom. The van der Waals surface area contributed by atoms with Crippen molar-refractivity contribution in [2.45, 2.75) is 6.42 Å². The van der Waals surface area contributed by atoms with Crippen LogP contribution in [0.2, 0.25) is 5.02 Å². The quantitative estimate of drug-likeness (QED) is 0.835. The van der Waals surface area contributed by atoms with Gasteiger partial charge in [-0.15, -0.1) is 0 Å². The highest BCUT2D eigenvalue weighted by Gasteiger charge is 2.02. The number of aromatic nitrogens is 2. The molecule has 4 heteroatoms. The Bertz CT molecular complexity index is 436. The van der Waals surface area contributed by atoms with Crippen molar-refractivity contribution in [2.75, 3.05) is 13.6 Å². The van der Waals surface area contributed by atoms with Crippen LogP contribution in [0.25, 0.3) is 5.65 Å². The summed E-state index contributed by atoms with van der Waals surface area (Å²) >= 11 is 5.92. The largest absolute Gasteiger partial charge is 0.319 e. The molecule has 0 saturated carbocycles. The first kappa shape index (κ1) is 9.49. The van der Waals surface area contributed by atoms with Gasteiger partial charge in [0.25, 0.3) is 0 Å². The zero-order valence-electron chi connectivity index (χ0n) is 8.00. The van der Waals surface area contributed by atoms with Gasteiger partial charge in [-0.3, -0.25) is 0 Å². The van der Waals surface area contributed by atoms with E-state index >= 15 is 0 Å². The van der Waals surface area contributed by atoms with Crippen LogP contribution in [0.15, 0.2) is 24.5 Å². The molecule has 2 heterocycles. The van der Waals surface area contributed by atoms with E-state index in [-0.39, 0.29) is 0 Å². The van der Waals surface area contributed by atoms with E-state index in [1.807, 2.05) is 36.0 Å². The van der Waals surface area contributed by atoms with Crippen LogP contribution >= 0.6 is 11.6 Å². The molecule has 0 spiro atoms. The van der Waals surface area contributed by atoms with Gasteiger partial charge in [-0.05, 0) is 19.2 Å². The van der Waals surface area contributed by atoms with E-state index in [0.29, 0.717) is 0 Å². The summed E-state index contributed by atoms with van der Waals surface area (Å²) in [6.07, 6.45) is 4.75. The van der Waals surface area contributed by atoms with Crippen LogP contribution in [0.5, 0.6) is 0 Å². The SMILES string of the molecule is CNCCc1cnc2ccc(Cl)cn12. The maximum atomic E-state index is 5.92. The molecule has 1 N–H and O–H groups in total. The van der Waals surface area contributed by atoms with E-state index in [0.717, 1.165) is 23.6 Å². The molecule has 74 valence electrons. The lowest BCUT2D eigenvalue weighted by molar-refractivity contribution is 0.771. The fraction of sp³-hybridized carbons (Fsp3) is 0.300. The number of imidazole rings is 1. The summed E-state index contributed by atoms with van der Waals surface area (Å²) in [4.78, 5) is 4.29. The van der Waals surface area contributed by atoms with Crippen LogP contribution in [0.1, 0.15) is 5.69 Å². The van der Waals surface area contributed by atoms with E-state index < -0.39 is 0 Å². The summed E-state index contributed by atoms with van der Waals surface area (Å²) in [6, 6.07) is 3.77. The first-order chi connectivity index (χ1) is 6.81. The third-order valence-corrected chi connectivity index (χ3v) is 2.40. The lowest BCUT2D eigenvalue weighted by Crippen LogP contribution is -2.11. The summed E-state index contributed by atoms with van der Waals surface area (Å²) in [6.45, 7) is 0.945. The standard InChI is InChI=1S/C10H12ClN3/c1-12-5-4-9-6-13-10-3-2-8(11)7-14(9)10/h2-3,6-7,12H,4-5H2,1H3. The van der Waals surface area contributed by atoms with Crippen molar-refractivity contribution in [1.82, 2.24) is 14.7 Å². The Kier molecular flexibility index (Phi) is 2.70. The average Bonchev–Trinajstić information content (AvgIpc) is 2.57. The van der Waals surface area contributed by atoms with E-state index in [1.54, 1.807) is 0 Å². The molecule has 2 aromatic rings. The Morgan fingerprint density at radius 1 is 1.50 bits per heavy atom. The van der Waals surface area contributed by atoms with Crippen LogP contribution in [0.4, 0.5) is 0 Å². The molecule has 3 nitrogen and oxygen atoms in total. The monoisotopic (exact) mass is 209 g/mol. The number of rotatable bonds is 3. The summed E-state index contributed by atoms with van der Waals surface area (Å²) < 4.78 is 2.03. The van der Waals surface area contributed by atoms with Gasteiger partial charge < -0.3 is 9.72 Å². The fourth-order valence-electron chi connectivity index (χ4n) is 1.44. The second-order valence-electron chi connectivity index (χ2n) is 3.18. The fourth-order valence-corrected chi connectivity index (χ4v) is 1.60. The number of nitrogens with zero attached hydrogens (tertiary/aromatic N) is 2. The molecule has 0 unspecified atom stereocenters. The highest BCUT2D eigenvalue weighted by molar-refractivity contribution is 6.30. The molecule has 0 aliphatic heterocycles. The third kappa shape index (κ3) is 1.74. The van der Waals surface area contributed by atoms with E-state index in [9.17, 15) is 0 Å². The van der Waals surface area contributed by atoms with Crippen molar-refractivity contribution < 1.29 is 0 Å². The van der Waals surface area contributed by atoms with Crippen molar-refractivity contribution in [3.63, 3.8) is 0 Å². The molecule has 0 saturated heterocycles. The number of hydrogen-bond donors (Lipinski definition) is 1. The Hall–Kier alpha value is -1.06. The molecule has 0 radical (unpaired) electrons. The van der Waals surface area contributed by atoms with Crippen molar-refractivity contribution in [2.24, 2.45) is 0 Å². The number of halogens is 1. The second kappa shape index (κ2) is 3.98. The van der Waals surface area contributed by atoms with Crippen LogP contribution in [0.3, 0.4) is 0 Å². The number of pyridine rings is 1. The van der Waals surface area contributed by atoms with Gasteiger partial charge >= 0.3 is 0 Å². The van der Waals surface area contributed by atoms with Crippen molar-refractivity contribution >= 4 is 17.2 Å². The van der Waals surface area contributed by atoms with E-state index in [1.165, 1.54) is 5.69 Å². The molecular weight excluding hydrogens is 198 g/mol. The van der Waals surface area contributed by atoms with E-state index in [4.69, 9.17) is 11.6 Å². The average molecular weight is 210 g/mol. The normalized spacial score (nSPS) is 11.0. The van der Waals surface area contributed by atoms with Crippen molar-refractivity contribution in [3.8, 4) is 0 Å². The summed E-state index contributed by atoms with van der Waals surface area (Å²) in [5, 5.41) is 3.85. The number of nitrogens with one attached hydrogen (secondary N) is 1. The minimum absolute atomic E-state index is 0.737. The number of fused-ring (bicyclic) bond motifs is 1. The Labute approximate surface area is 87.7 Å². The van der Waals surface area contributed by atoms with Gasteiger partial charge in [0.2, 0.25) is 0 Å². The molecule has 0 atom stereocenters. The lowest BCUT2D eigenvalue weighted by Gasteiger charge is -2.01. The van der Waals surface area contributed by atoms with Gasteiger partial charge in [-0.2, -0.15) is 0 Å². The molecule has 0 fully saturated rings. The van der Waals surface area contributed by atoms with Gasteiger partial charge in [0.1, 0.15) is 5.65 Å². The van der Waals surface area contributed by atoms with Gasteiger partial charge in [0, 0.05) is 31.1 Å². The van der Waals surface area contributed by atoms with Gasteiger partial charge in [0.15, 0.2) is 0 Å². The van der Waals surface area contributed by atoms with Crippen molar-refractivity contribution in [3.05, 3.63) is 35.2 Å².